The fraction of sp³-hybridized carbons (Fsp3) is 0.0196. The van der Waals surface area contributed by atoms with Gasteiger partial charge in [0.15, 0.2) is 11.5 Å². The van der Waals surface area contributed by atoms with Gasteiger partial charge in [0.05, 0.1) is 16.8 Å². The maximum atomic E-state index is 7.39. The summed E-state index contributed by atoms with van der Waals surface area (Å²) in [5.74, 6) is 1.75. The molecule has 0 radical (unpaired) electrons. The van der Waals surface area contributed by atoms with Crippen LogP contribution in [0.25, 0.3) is 54.9 Å². The molecule has 3 aliphatic rings. The highest BCUT2D eigenvalue weighted by Crippen LogP contribution is 2.67. The number of rotatable bonds is 2. The molecule has 12 rings (SSSR count). The summed E-state index contributed by atoms with van der Waals surface area (Å²) in [5.41, 5.74) is 15.1. The largest absolute Gasteiger partial charge is 0.453 e. The Morgan fingerprint density at radius 3 is 1.72 bits per heavy atom. The Morgan fingerprint density at radius 2 is 0.962 bits per heavy atom. The molecule has 1 spiro atoms. The summed E-state index contributed by atoms with van der Waals surface area (Å²) in [6.45, 7) is 0. The van der Waals surface area contributed by atoms with Gasteiger partial charge in [-0.2, -0.15) is 0 Å². The van der Waals surface area contributed by atoms with Crippen LogP contribution in [0.3, 0.4) is 0 Å². The molecular formula is C51H31NO. The van der Waals surface area contributed by atoms with Crippen LogP contribution in [0, 0.1) is 0 Å². The van der Waals surface area contributed by atoms with Gasteiger partial charge in [0.1, 0.15) is 0 Å². The molecule has 2 nitrogen and oxygen atoms in total. The monoisotopic (exact) mass is 673 g/mol. The predicted molar refractivity (Wildman–Crippen MR) is 218 cm³/mol. The van der Waals surface area contributed by atoms with Crippen molar-refractivity contribution in [1.82, 2.24) is 0 Å². The number of anilines is 3. The Morgan fingerprint density at radius 1 is 0.396 bits per heavy atom. The highest BCUT2D eigenvalue weighted by Gasteiger charge is 2.54. The van der Waals surface area contributed by atoms with E-state index in [0.29, 0.717) is 0 Å². The summed E-state index contributed by atoms with van der Waals surface area (Å²) in [6.07, 6.45) is 0. The Kier molecular flexibility index (Phi) is 5.73. The highest BCUT2D eigenvalue weighted by atomic mass is 16.5. The molecule has 0 amide bonds. The van der Waals surface area contributed by atoms with Crippen molar-refractivity contribution in [3.05, 3.63) is 210 Å². The summed E-state index contributed by atoms with van der Waals surface area (Å²) in [6, 6.07) is 68.8. The van der Waals surface area contributed by atoms with E-state index in [-0.39, 0.29) is 0 Å². The fourth-order valence-corrected chi connectivity index (χ4v) is 9.67. The average Bonchev–Trinajstić information content (AvgIpc) is 3.70. The molecule has 0 aromatic heterocycles. The number of ether oxygens (including phenoxy) is 1. The first-order valence-corrected chi connectivity index (χ1v) is 18.3. The van der Waals surface area contributed by atoms with Crippen LogP contribution in [0.4, 0.5) is 17.1 Å². The van der Waals surface area contributed by atoms with Gasteiger partial charge in [-0.05, 0) is 108 Å². The van der Waals surface area contributed by atoms with E-state index in [1.807, 2.05) is 0 Å². The zero-order valence-corrected chi connectivity index (χ0v) is 28.8. The Hall–Kier alpha value is -6.90. The molecule has 1 heterocycles. The van der Waals surface area contributed by atoms with E-state index in [1.54, 1.807) is 0 Å². The van der Waals surface area contributed by atoms with Crippen LogP contribution in [-0.2, 0) is 5.41 Å². The summed E-state index contributed by atoms with van der Waals surface area (Å²) < 4.78 is 7.39. The van der Waals surface area contributed by atoms with Gasteiger partial charge >= 0.3 is 0 Å². The van der Waals surface area contributed by atoms with Crippen LogP contribution in [0.5, 0.6) is 11.5 Å². The van der Waals surface area contributed by atoms with E-state index in [0.717, 1.165) is 39.7 Å². The fourth-order valence-electron chi connectivity index (χ4n) is 9.67. The summed E-state index contributed by atoms with van der Waals surface area (Å²) in [4.78, 5) is 2.38. The molecule has 53 heavy (non-hydrogen) atoms. The van der Waals surface area contributed by atoms with Crippen molar-refractivity contribution in [3.8, 4) is 44.9 Å². The number of nitrogens with zero attached hydrogens (tertiary/aromatic N) is 1. The smallest absolute Gasteiger partial charge is 0.156 e. The topological polar surface area (TPSA) is 12.5 Å². The van der Waals surface area contributed by atoms with E-state index in [1.165, 1.54) is 66.1 Å². The molecule has 246 valence electrons. The van der Waals surface area contributed by atoms with Gasteiger partial charge in [-0.1, -0.05) is 152 Å². The number of para-hydroxylation sites is 1. The molecule has 0 unspecified atom stereocenters. The third-order valence-electron chi connectivity index (χ3n) is 11.8. The third-order valence-corrected chi connectivity index (χ3v) is 11.8. The molecule has 2 heteroatoms. The molecule has 0 bridgehead atoms. The van der Waals surface area contributed by atoms with Gasteiger partial charge in [0, 0.05) is 11.3 Å². The van der Waals surface area contributed by atoms with Crippen molar-refractivity contribution in [2.24, 2.45) is 0 Å². The zero-order chi connectivity index (χ0) is 34.7. The highest BCUT2D eigenvalue weighted by molar-refractivity contribution is 6.08. The van der Waals surface area contributed by atoms with Crippen molar-refractivity contribution in [2.45, 2.75) is 5.41 Å². The second-order valence-electron chi connectivity index (χ2n) is 14.4. The lowest BCUT2D eigenvalue weighted by Gasteiger charge is -2.37. The van der Waals surface area contributed by atoms with Crippen LogP contribution in [-0.4, -0.2) is 0 Å². The van der Waals surface area contributed by atoms with E-state index >= 15 is 0 Å². The quantitative estimate of drug-likeness (QED) is 0.169. The average molecular weight is 674 g/mol. The maximum absolute atomic E-state index is 7.39. The van der Waals surface area contributed by atoms with Gasteiger partial charge in [-0.15, -0.1) is 0 Å². The van der Waals surface area contributed by atoms with E-state index < -0.39 is 5.41 Å². The van der Waals surface area contributed by atoms with Crippen LogP contribution < -0.4 is 9.64 Å². The first kappa shape index (κ1) is 28.8. The summed E-state index contributed by atoms with van der Waals surface area (Å²) in [7, 11) is 0. The van der Waals surface area contributed by atoms with Gasteiger partial charge in [0.2, 0.25) is 0 Å². The second-order valence-corrected chi connectivity index (χ2v) is 14.4. The zero-order valence-electron chi connectivity index (χ0n) is 28.8. The lowest BCUT2D eigenvalue weighted by Crippen LogP contribution is -2.28. The van der Waals surface area contributed by atoms with Crippen molar-refractivity contribution in [3.63, 3.8) is 0 Å². The number of benzene rings is 9. The van der Waals surface area contributed by atoms with E-state index in [4.69, 9.17) is 4.74 Å². The molecule has 0 saturated carbocycles. The normalized spacial score (nSPS) is 13.9. The van der Waals surface area contributed by atoms with Gasteiger partial charge in [0.25, 0.3) is 0 Å². The van der Waals surface area contributed by atoms with Crippen LogP contribution in [0.1, 0.15) is 22.3 Å². The summed E-state index contributed by atoms with van der Waals surface area (Å²) in [5, 5.41) is 5.03. The first-order valence-electron chi connectivity index (χ1n) is 18.3. The maximum Gasteiger partial charge on any atom is 0.156 e. The Labute approximate surface area is 307 Å². The van der Waals surface area contributed by atoms with Gasteiger partial charge in [-0.3, -0.25) is 0 Å². The van der Waals surface area contributed by atoms with Gasteiger partial charge < -0.3 is 9.64 Å². The minimum atomic E-state index is -0.525. The third kappa shape index (κ3) is 3.77. The first-order chi connectivity index (χ1) is 26.3. The standard InChI is InChI=1S/C51H31NO/c1-2-13-36(14-3-1)52-46-28-25-34(33-24-26-38-35(30-33)23-22-32-12-4-5-15-37(32)38)31-48(46)53-50-47(52)29-27-42-41-18-8-11-21-45(41)51(49(42)50)43-19-9-6-16-39(43)40-17-7-10-20-44(40)51/h1-31H. The molecule has 0 atom stereocenters. The van der Waals surface area contributed by atoms with Crippen LogP contribution >= 0.6 is 0 Å². The molecule has 9 aromatic rings. The van der Waals surface area contributed by atoms with Crippen LogP contribution in [0.15, 0.2) is 188 Å². The molecule has 1 aliphatic heterocycles. The van der Waals surface area contributed by atoms with Crippen molar-refractivity contribution < 1.29 is 4.74 Å². The Bertz CT molecular complexity index is 2930. The van der Waals surface area contributed by atoms with Gasteiger partial charge in [-0.25, -0.2) is 0 Å². The molecule has 0 fully saturated rings. The predicted octanol–water partition coefficient (Wildman–Crippen LogP) is 13.6. The molecule has 9 aromatic carbocycles. The Balaban J connectivity index is 1.12. The minimum Gasteiger partial charge on any atom is -0.453 e. The van der Waals surface area contributed by atoms with Crippen molar-refractivity contribution >= 4 is 38.6 Å². The molecule has 0 N–H and O–H groups in total. The number of fused-ring (bicyclic) bond motifs is 16. The lowest BCUT2D eigenvalue weighted by atomic mass is 9.70. The van der Waals surface area contributed by atoms with E-state index in [9.17, 15) is 0 Å². The SMILES string of the molecule is c1ccc(N2c3ccc(-c4ccc5c(ccc6ccccc65)c4)cc3Oc3c2ccc2c3C3(c4ccccc4-c4ccccc43)c3ccccc3-2)cc1. The summed E-state index contributed by atoms with van der Waals surface area (Å²) >= 11 is 0. The molecule has 0 saturated heterocycles. The van der Waals surface area contributed by atoms with Crippen molar-refractivity contribution in [2.75, 3.05) is 4.90 Å². The molecular weight excluding hydrogens is 643 g/mol. The number of hydrogen-bond donors (Lipinski definition) is 0. The minimum absolute atomic E-state index is 0.525. The van der Waals surface area contributed by atoms with Crippen molar-refractivity contribution in [1.29, 1.82) is 0 Å². The number of hydrogen-bond acceptors (Lipinski definition) is 2. The molecule has 2 aliphatic carbocycles. The van der Waals surface area contributed by atoms with Crippen LogP contribution in [0.2, 0.25) is 0 Å². The second kappa shape index (κ2) is 10.6. The lowest BCUT2D eigenvalue weighted by molar-refractivity contribution is 0.466. The van der Waals surface area contributed by atoms with E-state index in [2.05, 4.69) is 193 Å².